The van der Waals surface area contributed by atoms with E-state index in [4.69, 9.17) is 0 Å². The Bertz CT molecular complexity index is 1310. The van der Waals surface area contributed by atoms with Gasteiger partial charge in [-0.1, -0.05) is 6.07 Å². The number of rotatable bonds is 3. The lowest BCUT2D eigenvalue weighted by molar-refractivity contribution is 0.130. The van der Waals surface area contributed by atoms with E-state index in [1.165, 1.54) is 18.5 Å². The van der Waals surface area contributed by atoms with Crippen molar-refractivity contribution >= 4 is 0 Å². The summed E-state index contributed by atoms with van der Waals surface area (Å²) in [6.45, 7) is 4.97. The zero-order valence-electron chi connectivity index (χ0n) is 17.4. The minimum atomic E-state index is -0.412. The Morgan fingerprint density at radius 3 is 2.84 bits per heavy atom. The second-order valence-electron chi connectivity index (χ2n) is 8.28. The van der Waals surface area contributed by atoms with Gasteiger partial charge in [0.25, 0.3) is 0 Å². The van der Waals surface area contributed by atoms with Crippen molar-refractivity contribution in [3.05, 3.63) is 66.0 Å². The van der Waals surface area contributed by atoms with Crippen molar-refractivity contribution in [2.75, 3.05) is 6.54 Å². The minimum Gasteiger partial charge on any atom is -0.291 e. The monoisotopic (exact) mass is 434 g/mol. The van der Waals surface area contributed by atoms with E-state index >= 15 is 0 Å². The van der Waals surface area contributed by atoms with E-state index in [0.29, 0.717) is 36.8 Å². The van der Waals surface area contributed by atoms with Gasteiger partial charge in [0.05, 0.1) is 25.8 Å². The zero-order chi connectivity index (χ0) is 21.8. The highest BCUT2D eigenvalue weighted by Crippen LogP contribution is 2.38. The highest BCUT2D eigenvalue weighted by molar-refractivity contribution is 5.63. The van der Waals surface area contributed by atoms with Gasteiger partial charge in [-0.3, -0.25) is 9.88 Å². The standard InChI is InChI=1S/C22H20F2N8/c1-13(19-10-32-22(26-12-27-32)18-7-15(23)2-3-17(18)19)30-4-5-31-20(11-30)28-21(29-31)14-6-16(24)9-25-8-14/h2-3,6-9,12-13,19H,4-5,10-11H2,1H3. The Morgan fingerprint density at radius 1 is 1.06 bits per heavy atom. The normalized spacial score (nSPS) is 18.7. The molecule has 0 amide bonds. The third-order valence-electron chi connectivity index (χ3n) is 6.45. The number of aromatic nitrogens is 7. The van der Waals surface area contributed by atoms with Gasteiger partial charge in [0.15, 0.2) is 11.6 Å². The number of halogens is 2. The Balaban J connectivity index is 1.29. The molecule has 3 aromatic heterocycles. The van der Waals surface area contributed by atoms with Gasteiger partial charge in [-0.15, -0.1) is 0 Å². The molecule has 2 aliphatic heterocycles. The van der Waals surface area contributed by atoms with Crippen molar-refractivity contribution < 1.29 is 8.78 Å². The summed E-state index contributed by atoms with van der Waals surface area (Å²) in [5.41, 5.74) is 2.44. The first-order chi connectivity index (χ1) is 15.6. The van der Waals surface area contributed by atoms with Crippen LogP contribution in [0.4, 0.5) is 8.78 Å². The van der Waals surface area contributed by atoms with Gasteiger partial charge in [0.1, 0.15) is 23.8 Å². The van der Waals surface area contributed by atoms with Crippen molar-refractivity contribution in [2.24, 2.45) is 0 Å². The SMILES string of the molecule is CC(C1Cn2ncnc2-c2cc(F)ccc21)N1CCn2nc(-c3cncc(F)c3)nc2C1. The smallest absolute Gasteiger partial charge is 0.183 e. The molecule has 0 spiro atoms. The molecule has 5 heterocycles. The summed E-state index contributed by atoms with van der Waals surface area (Å²) >= 11 is 0. The van der Waals surface area contributed by atoms with Crippen molar-refractivity contribution in [1.29, 1.82) is 0 Å². The predicted molar refractivity (Wildman–Crippen MR) is 111 cm³/mol. The second kappa shape index (κ2) is 7.27. The minimum absolute atomic E-state index is 0.126. The molecule has 162 valence electrons. The molecule has 0 aliphatic carbocycles. The molecular weight excluding hydrogens is 414 g/mol. The summed E-state index contributed by atoms with van der Waals surface area (Å²) in [5, 5.41) is 8.89. The molecule has 6 rings (SSSR count). The molecule has 10 heteroatoms. The van der Waals surface area contributed by atoms with Gasteiger partial charge in [0.2, 0.25) is 0 Å². The van der Waals surface area contributed by atoms with Crippen LogP contribution in [0.1, 0.15) is 24.2 Å². The number of hydrogen-bond acceptors (Lipinski definition) is 6. The molecule has 0 N–H and O–H groups in total. The van der Waals surface area contributed by atoms with Crippen LogP contribution in [0.3, 0.4) is 0 Å². The summed E-state index contributed by atoms with van der Waals surface area (Å²) in [7, 11) is 0. The van der Waals surface area contributed by atoms with Gasteiger partial charge in [-0.25, -0.2) is 28.1 Å². The fraction of sp³-hybridized carbons (Fsp3) is 0.318. The van der Waals surface area contributed by atoms with E-state index in [0.717, 1.165) is 29.7 Å². The fourth-order valence-electron chi connectivity index (χ4n) is 4.76. The average molecular weight is 434 g/mol. The van der Waals surface area contributed by atoms with Crippen LogP contribution in [0.5, 0.6) is 0 Å². The predicted octanol–water partition coefficient (Wildman–Crippen LogP) is 2.88. The Labute approximate surface area is 182 Å². The summed E-state index contributed by atoms with van der Waals surface area (Å²) in [6, 6.07) is 6.47. The van der Waals surface area contributed by atoms with Crippen LogP contribution in [0.15, 0.2) is 43.0 Å². The Morgan fingerprint density at radius 2 is 1.97 bits per heavy atom. The van der Waals surface area contributed by atoms with E-state index in [9.17, 15) is 8.78 Å². The quantitative estimate of drug-likeness (QED) is 0.494. The lowest BCUT2D eigenvalue weighted by Crippen LogP contribution is -2.44. The molecule has 2 atom stereocenters. The average Bonchev–Trinajstić information content (AvgIpc) is 3.44. The van der Waals surface area contributed by atoms with Crippen molar-refractivity contribution in [1.82, 2.24) is 39.4 Å². The van der Waals surface area contributed by atoms with Crippen molar-refractivity contribution in [2.45, 2.75) is 38.5 Å². The zero-order valence-corrected chi connectivity index (χ0v) is 17.4. The van der Waals surface area contributed by atoms with Crippen LogP contribution < -0.4 is 0 Å². The first-order valence-electron chi connectivity index (χ1n) is 10.5. The number of benzene rings is 1. The maximum Gasteiger partial charge on any atom is 0.183 e. The molecular formula is C22H20F2N8. The van der Waals surface area contributed by atoms with E-state index in [1.54, 1.807) is 12.3 Å². The molecule has 2 unspecified atom stereocenters. The summed E-state index contributed by atoms with van der Waals surface area (Å²) < 4.78 is 31.3. The Kier molecular flexibility index (Phi) is 4.35. The molecule has 0 fully saturated rings. The summed E-state index contributed by atoms with van der Waals surface area (Å²) in [6.07, 6.45) is 4.25. The van der Waals surface area contributed by atoms with Crippen LogP contribution >= 0.6 is 0 Å². The highest BCUT2D eigenvalue weighted by atomic mass is 19.1. The van der Waals surface area contributed by atoms with Gasteiger partial charge in [-0.05, 0) is 30.7 Å². The van der Waals surface area contributed by atoms with Gasteiger partial charge in [0, 0.05) is 35.8 Å². The largest absolute Gasteiger partial charge is 0.291 e. The third kappa shape index (κ3) is 3.10. The molecule has 8 nitrogen and oxygen atoms in total. The Hall–Kier alpha value is -3.53. The third-order valence-corrected chi connectivity index (χ3v) is 6.45. The van der Waals surface area contributed by atoms with Crippen LogP contribution in [0, 0.1) is 11.6 Å². The molecule has 0 saturated carbocycles. The van der Waals surface area contributed by atoms with Crippen molar-refractivity contribution in [3.63, 3.8) is 0 Å². The number of nitrogens with zero attached hydrogens (tertiary/aromatic N) is 8. The first kappa shape index (κ1) is 19.2. The number of hydrogen-bond donors (Lipinski definition) is 0. The van der Waals surface area contributed by atoms with E-state index < -0.39 is 5.82 Å². The molecule has 0 radical (unpaired) electrons. The second-order valence-corrected chi connectivity index (χ2v) is 8.28. The number of pyridine rings is 1. The molecule has 2 aliphatic rings. The van der Waals surface area contributed by atoms with Crippen LogP contribution in [0.2, 0.25) is 0 Å². The lowest BCUT2D eigenvalue weighted by atomic mass is 9.85. The molecule has 1 aromatic carbocycles. The maximum atomic E-state index is 14.0. The first-order valence-corrected chi connectivity index (χ1v) is 10.5. The molecule has 32 heavy (non-hydrogen) atoms. The van der Waals surface area contributed by atoms with E-state index in [-0.39, 0.29) is 17.8 Å². The fourth-order valence-corrected chi connectivity index (χ4v) is 4.76. The molecule has 4 aromatic rings. The molecule has 0 bridgehead atoms. The number of fused-ring (bicyclic) bond motifs is 4. The lowest BCUT2D eigenvalue weighted by Gasteiger charge is -2.39. The van der Waals surface area contributed by atoms with Gasteiger partial charge < -0.3 is 0 Å². The van der Waals surface area contributed by atoms with Crippen molar-refractivity contribution in [3.8, 4) is 22.8 Å². The maximum absolute atomic E-state index is 14.0. The van der Waals surface area contributed by atoms with Gasteiger partial charge >= 0.3 is 0 Å². The molecule has 0 saturated heterocycles. The highest BCUT2D eigenvalue weighted by Gasteiger charge is 2.35. The van der Waals surface area contributed by atoms with Crippen LogP contribution in [0.25, 0.3) is 22.8 Å². The van der Waals surface area contributed by atoms with E-state index in [2.05, 4.69) is 37.0 Å². The van der Waals surface area contributed by atoms with Gasteiger partial charge in [-0.2, -0.15) is 10.2 Å². The topological polar surface area (TPSA) is 77.5 Å². The van der Waals surface area contributed by atoms with Crippen LogP contribution in [-0.4, -0.2) is 52.0 Å². The summed E-state index contributed by atoms with van der Waals surface area (Å²) in [5.74, 6) is 1.45. The van der Waals surface area contributed by atoms with Crippen LogP contribution in [-0.2, 0) is 19.6 Å². The van der Waals surface area contributed by atoms with E-state index in [1.807, 2.05) is 15.4 Å². The summed E-state index contributed by atoms with van der Waals surface area (Å²) in [4.78, 5) is 15.2.